The standard InChI is InChI=1S/C20H17BrClFN2O4/c21-15-8-16(22)18(29-6-5-26)9-17(15)25-20(28)14-10-24-19(27)7-13(14)11-1-3-12(23)4-2-11/h1-4,8-10,13,26H,5-7H2,(H,24,27)(H,25,28). The van der Waals surface area contributed by atoms with Gasteiger partial charge in [-0.05, 0) is 39.7 Å². The molecule has 29 heavy (non-hydrogen) atoms. The lowest BCUT2D eigenvalue weighted by molar-refractivity contribution is -0.121. The van der Waals surface area contributed by atoms with Crippen LogP contribution in [0.4, 0.5) is 10.1 Å². The Morgan fingerprint density at radius 2 is 2.07 bits per heavy atom. The fraction of sp³-hybridized carbons (Fsp3) is 0.200. The minimum absolute atomic E-state index is 0.0541. The Balaban J connectivity index is 1.86. The zero-order valence-electron chi connectivity index (χ0n) is 15.0. The number of ether oxygens (including phenoxy) is 1. The maximum absolute atomic E-state index is 13.3. The molecule has 1 aliphatic rings. The monoisotopic (exact) mass is 482 g/mol. The van der Waals surface area contributed by atoms with Crippen LogP contribution >= 0.6 is 27.5 Å². The second kappa shape index (κ2) is 9.39. The first-order valence-electron chi connectivity index (χ1n) is 8.68. The Morgan fingerprint density at radius 3 is 2.76 bits per heavy atom. The third kappa shape index (κ3) is 5.14. The molecule has 9 heteroatoms. The summed E-state index contributed by atoms with van der Waals surface area (Å²) in [6.45, 7) is -0.126. The summed E-state index contributed by atoms with van der Waals surface area (Å²) in [5.74, 6) is -1.27. The van der Waals surface area contributed by atoms with Crippen molar-refractivity contribution in [1.29, 1.82) is 0 Å². The number of aliphatic hydroxyl groups excluding tert-OH is 1. The second-order valence-corrected chi connectivity index (χ2v) is 7.53. The van der Waals surface area contributed by atoms with Crippen LogP contribution in [0.3, 0.4) is 0 Å². The molecule has 0 aromatic heterocycles. The normalized spacial score (nSPS) is 16.1. The van der Waals surface area contributed by atoms with Gasteiger partial charge in [0.25, 0.3) is 5.91 Å². The van der Waals surface area contributed by atoms with Crippen molar-refractivity contribution in [2.45, 2.75) is 12.3 Å². The number of amides is 2. The highest BCUT2D eigenvalue weighted by atomic mass is 79.9. The highest BCUT2D eigenvalue weighted by molar-refractivity contribution is 9.10. The molecular formula is C20H17BrClFN2O4. The van der Waals surface area contributed by atoms with Gasteiger partial charge in [-0.2, -0.15) is 0 Å². The minimum atomic E-state index is -0.513. The number of aliphatic hydroxyl groups is 1. The molecule has 6 nitrogen and oxygen atoms in total. The first kappa shape index (κ1) is 21.3. The van der Waals surface area contributed by atoms with Crippen molar-refractivity contribution >= 4 is 45.0 Å². The van der Waals surface area contributed by atoms with E-state index in [-0.39, 0.29) is 25.5 Å². The summed E-state index contributed by atoms with van der Waals surface area (Å²) in [7, 11) is 0. The number of hydrogen-bond donors (Lipinski definition) is 3. The summed E-state index contributed by atoms with van der Waals surface area (Å²) >= 11 is 9.46. The molecule has 0 radical (unpaired) electrons. The van der Waals surface area contributed by atoms with Gasteiger partial charge in [0.2, 0.25) is 5.91 Å². The van der Waals surface area contributed by atoms with Gasteiger partial charge < -0.3 is 20.5 Å². The SMILES string of the molecule is O=C1CC(c2ccc(F)cc2)C(C(=O)Nc2cc(OCCO)c(Cl)cc2Br)=CN1. The Kier molecular flexibility index (Phi) is 6.89. The van der Waals surface area contributed by atoms with Crippen LogP contribution in [0.25, 0.3) is 0 Å². The van der Waals surface area contributed by atoms with E-state index in [4.69, 9.17) is 21.4 Å². The van der Waals surface area contributed by atoms with Gasteiger partial charge in [0.1, 0.15) is 18.2 Å². The van der Waals surface area contributed by atoms with Crippen LogP contribution in [0.15, 0.2) is 52.6 Å². The van der Waals surface area contributed by atoms with E-state index in [1.54, 1.807) is 18.2 Å². The zero-order valence-corrected chi connectivity index (χ0v) is 17.4. The third-order valence-corrected chi connectivity index (χ3v) is 5.26. The first-order chi connectivity index (χ1) is 13.9. The molecule has 1 heterocycles. The van der Waals surface area contributed by atoms with Crippen molar-refractivity contribution in [3.05, 3.63) is 69.0 Å². The molecule has 1 unspecified atom stereocenters. The van der Waals surface area contributed by atoms with Gasteiger partial charge >= 0.3 is 0 Å². The number of anilines is 1. The van der Waals surface area contributed by atoms with Crippen LogP contribution in [0.5, 0.6) is 5.75 Å². The first-order valence-corrected chi connectivity index (χ1v) is 9.85. The van der Waals surface area contributed by atoms with E-state index in [2.05, 4.69) is 26.6 Å². The van der Waals surface area contributed by atoms with E-state index in [9.17, 15) is 14.0 Å². The van der Waals surface area contributed by atoms with Crippen molar-refractivity contribution in [3.63, 3.8) is 0 Å². The minimum Gasteiger partial charge on any atom is -0.490 e. The number of benzene rings is 2. The molecular weight excluding hydrogens is 467 g/mol. The van der Waals surface area contributed by atoms with Gasteiger partial charge in [0, 0.05) is 34.7 Å². The Bertz CT molecular complexity index is 966. The highest BCUT2D eigenvalue weighted by Crippen LogP contribution is 2.36. The van der Waals surface area contributed by atoms with Gasteiger partial charge in [-0.15, -0.1) is 0 Å². The van der Waals surface area contributed by atoms with Crippen molar-refractivity contribution in [3.8, 4) is 5.75 Å². The average Bonchev–Trinajstić information content (AvgIpc) is 2.69. The molecule has 1 atom stereocenters. The molecule has 2 aromatic rings. The summed E-state index contributed by atoms with van der Waals surface area (Å²) in [6, 6.07) is 8.79. The molecule has 0 saturated heterocycles. The third-order valence-electron chi connectivity index (χ3n) is 4.31. The summed E-state index contributed by atoms with van der Waals surface area (Å²) in [5.41, 5.74) is 1.39. The van der Waals surface area contributed by atoms with Crippen LogP contribution < -0.4 is 15.4 Å². The quantitative estimate of drug-likeness (QED) is 0.584. The van der Waals surface area contributed by atoms with Crippen LogP contribution in [0, 0.1) is 5.82 Å². The van der Waals surface area contributed by atoms with Crippen molar-refractivity contribution < 1.29 is 23.8 Å². The van der Waals surface area contributed by atoms with E-state index in [0.29, 0.717) is 32.1 Å². The lowest BCUT2D eigenvalue weighted by atomic mass is 9.86. The molecule has 1 aliphatic heterocycles. The van der Waals surface area contributed by atoms with Gasteiger partial charge in [0.05, 0.1) is 17.3 Å². The van der Waals surface area contributed by atoms with E-state index >= 15 is 0 Å². The molecule has 3 rings (SSSR count). The van der Waals surface area contributed by atoms with E-state index in [1.165, 1.54) is 24.4 Å². The van der Waals surface area contributed by atoms with Crippen LogP contribution in [-0.4, -0.2) is 30.1 Å². The molecule has 0 bridgehead atoms. The number of hydrogen-bond acceptors (Lipinski definition) is 4. The van der Waals surface area contributed by atoms with Gasteiger partial charge in [-0.1, -0.05) is 23.7 Å². The fourth-order valence-corrected chi connectivity index (χ4v) is 3.71. The number of nitrogens with one attached hydrogen (secondary N) is 2. The molecule has 3 N–H and O–H groups in total. The Morgan fingerprint density at radius 1 is 1.34 bits per heavy atom. The summed E-state index contributed by atoms with van der Waals surface area (Å²) in [5, 5.41) is 14.6. The van der Waals surface area contributed by atoms with Gasteiger partial charge in [-0.3, -0.25) is 9.59 Å². The van der Waals surface area contributed by atoms with E-state index < -0.39 is 17.6 Å². The van der Waals surface area contributed by atoms with Crippen LogP contribution in [0.1, 0.15) is 17.9 Å². The summed E-state index contributed by atoms with van der Waals surface area (Å²) in [4.78, 5) is 24.8. The topological polar surface area (TPSA) is 87.7 Å². The average molecular weight is 484 g/mol. The molecule has 0 aliphatic carbocycles. The van der Waals surface area contributed by atoms with Crippen molar-refractivity contribution in [2.24, 2.45) is 0 Å². The molecule has 2 amide bonds. The molecule has 2 aromatic carbocycles. The predicted molar refractivity (Wildman–Crippen MR) is 110 cm³/mol. The number of halogens is 3. The van der Waals surface area contributed by atoms with E-state index in [0.717, 1.165) is 0 Å². The van der Waals surface area contributed by atoms with Crippen molar-refractivity contribution in [2.75, 3.05) is 18.5 Å². The maximum Gasteiger partial charge on any atom is 0.253 e. The predicted octanol–water partition coefficient (Wildman–Crippen LogP) is 3.74. The molecule has 152 valence electrons. The number of carbonyl (C=O) groups is 2. The summed E-state index contributed by atoms with van der Waals surface area (Å²) in [6.07, 6.45) is 1.43. The molecule has 0 spiro atoms. The highest BCUT2D eigenvalue weighted by Gasteiger charge is 2.29. The maximum atomic E-state index is 13.3. The lowest BCUT2D eigenvalue weighted by Gasteiger charge is -2.24. The number of carbonyl (C=O) groups excluding carboxylic acids is 2. The number of rotatable bonds is 6. The van der Waals surface area contributed by atoms with Crippen LogP contribution in [-0.2, 0) is 9.59 Å². The second-order valence-electron chi connectivity index (χ2n) is 6.26. The molecule has 0 fully saturated rings. The van der Waals surface area contributed by atoms with Gasteiger partial charge in [0.15, 0.2) is 0 Å². The van der Waals surface area contributed by atoms with Gasteiger partial charge in [-0.25, -0.2) is 4.39 Å². The van der Waals surface area contributed by atoms with Crippen molar-refractivity contribution in [1.82, 2.24) is 5.32 Å². The van der Waals surface area contributed by atoms with E-state index in [1.807, 2.05) is 0 Å². The summed E-state index contributed by atoms with van der Waals surface area (Å²) < 4.78 is 19.2. The zero-order chi connectivity index (χ0) is 21.0. The van der Waals surface area contributed by atoms with Crippen LogP contribution in [0.2, 0.25) is 5.02 Å². The Hall–Kier alpha value is -2.42. The Labute approximate surface area is 179 Å². The smallest absolute Gasteiger partial charge is 0.253 e. The molecule has 0 saturated carbocycles. The fourth-order valence-electron chi connectivity index (χ4n) is 2.92. The lowest BCUT2D eigenvalue weighted by Crippen LogP contribution is -2.32. The largest absolute Gasteiger partial charge is 0.490 e.